The first kappa shape index (κ1) is 14.0. The Labute approximate surface area is 114 Å². The topological polar surface area (TPSA) is 23.6 Å². The Kier molecular flexibility index (Phi) is 4.20. The summed E-state index contributed by atoms with van der Waals surface area (Å²) < 4.78 is 13.8. The molecule has 0 saturated carbocycles. The van der Waals surface area contributed by atoms with E-state index < -0.39 is 5.82 Å². The van der Waals surface area contributed by atoms with Crippen LogP contribution in [0.25, 0.3) is 0 Å². The van der Waals surface area contributed by atoms with Crippen LogP contribution in [0.2, 0.25) is 0 Å². The summed E-state index contributed by atoms with van der Waals surface area (Å²) in [5.41, 5.74) is 0.922. The van der Waals surface area contributed by atoms with Crippen LogP contribution < -0.4 is 4.90 Å². The lowest BCUT2D eigenvalue weighted by molar-refractivity contribution is 0.101. The SMILES string of the molecule is CC(=O)c1c(F)cccc1N(C)C1CCN(C)CC1. The molecular formula is C15H21FN2O. The van der Waals surface area contributed by atoms with Gasteiger partial charge in [-0.2, -0.15) is 0 Å². The molecule has 104 valence electrons. The second-order valence-corrected chi connectivity index (χ2v) is 5.34. The maximum Gasteiger partial charge on any atom is 0.164 e. The number of carbonyl (C=O) groups excluding carboxylic acids is 1. The highest BCUT2D eigenvalue weighted by Crippen LogP contribution is 2.27. The average Bonchev–Trinajstić information content (AvgIpc) is 2.38. The monoisotopic (exact) mass is 264 g/mol. The predicted octanol–water partition coefficient (Wildman–Crippen LogP) is 2.56. The second-order valence-electron chi connectivity index (χ2n) is 5.34. The molecule has 0 atom stereocenters. The van der Waals surface area contributed by atoms with Crippen molar-refractivity contribution in [3.8, 4) is 0 Å². The largest absolute Gasteiger partial charge is 0.371 e. The van der Waals surface area contributed by atoms with Crippen molar-refractivity contribution in [3.05, 3.63) is 29.6 Å². The number of benzene rings is 1. The van der Waals surface area contributed by atoms with Gasteiger partial charge in [0.15, 0.2) is 5.78 Å². The van der Waals surface area contributed by atoms with Crippen LogP contribution >= 0.6 is 0 Å². The summed E-state index contributed by atoms with van der Waals surface area (Å²) in [6.07, 6.45) is 2.09. The number of rotatable bonds is 3. The van der Waals surface area contributed by atoms with E-state index in [1.807, 2.05) is 13.1 Å². The Balaban J connectivity index is 2.26. The molecule has 1 heterocycles. The summed E-state index contributed by atoms with van der Waals surface area (Å²) in [6, 6.07) is 5.22. The fourth-order valence-electron chi connectivity index (χ4n) is 2.73. The quantitative estimate of drug-likeness (QED) is 0.784. The van der Waals surface area contributed by atoms with Crippen LogP contribution in [0.4, 0.5) is 10.1 Å². The summed E-state index contributed by atoms with van der Waals surface area (Å²) in [4.78, 5) is 16.0. The van der Waals surface area contributed by atoms with Crippen LogP contribution in [0.1, 0.15) is 30.1 Å². The van der Waals surface area contributed by atoms with Gasteiger partial charge in [-0.15, -0.1) is 0 Å². The normalized spacial score (nSPS) is 17.5. The first-order chi connectivity index (χ1) is 9.00. The van der Waals surface area contributed by atoms with E-state index >= 15 is 0 Å². The number of hydrogen-bond donors (Lipinski definition) is 0. The Morgan fingerprint density at radius 3 is 2.58 bits per heavy atom. The number of ketones is 1. The van der Waals surface area contributed by atoms with Gasteiger partial charge in [-0.25, -0.2) is 4.39 Å². The number of piperidine rings is 1. The highest BCUT2D eigenvalue weighted by Gasteiger charge is 2.24. The lowest BCUT2D eigenvalue weighted by atomic mass is 10.0. The molecule has 2 rings (SSSR count). The van der Waals surface area contributed by atoms with E-state index in [0.29, 0.717) is 11.7 Å². The summed E-state index contributed by atoms with van der Waals surface area (Å²) in [7, 11) is 4.07. The molecule has 4 heteroatoms. The van der Waals surface area contributed by atoms with Gasteiger partial charge in [0.2, 0.25) is 0 Å². The van der Waals surface area contributed by atoms with Gasteiger partial charge >= 0.3 is 0 Å². The standard InChI is InChI=1S/C15H21FN2O/c1-11(19)15-13(16)5-4-6-14(15)18(3)12-7-9-17(2)10-8-12/h4-6,12H,7-10H2,1-3H3. The molecule has 1 aromatic rings. The van der Waals surface area contributed by atoms with Crippen LogP contribution in [-0.4, -0.2) is 43.9 Å². The Morgan fingerprint density at radius 2 is 2.00 bits per heavy atom. The first-order valence-corrected chi connectivity index (χ1v) is 6.71. The van der Waals surface area contributed by atoms with Crippen molar-refractivity contribution < 1.29 is 9.18 Å². The van der Waals surface area contributed by atoms with E-state index in [1.54, 1.807) is 6.07 Å². The molecule has 0 aromatic heterocycles. The van der Waals surface area contributed by atoms with E-state index in [-0.39, 0.29) is 11.3 Å². The third-order valence-corrected chi connectivity index (χ3v) is 3.96. The fraction of sp³-hybridized carbons (Fsp3) is 0.533. The lowest BCUT2D eigenvalue weighted by Gasteiger charge is -2.37. The van der Waals surface area contributed by atoms with E-state index in [1.165, 1.54) is 13.0 Å². The van der Waals surface area contributed by atoms with E-state index in [9.17, 15) is 9.18 Å². The molecule has 1 aliphatic heterocycles. The number of halogens is 1. The molecule has 3 nitrogen and oxygen atoms in total. The minimum Gasteiger partial charge on any atom is -0.371 e. The van der Waals surface area contributed by atoms with E-state index in [0.717, 1.165) is 25.9 Å². The molecule has 0 N–H and O–H groups in total. The number of nitrogens with zero attached hydrogens (tertiary/aromatic N) is 2. The molecule has 0 bridgehead atoms. The predicted molar refractivity (Wildman–Crippen MR) is 75.3 cm³/mol. The number of anilines is 1. The molecular weight excluding hydrogens is 243 g/mol. The smallest absolute Gasteiger partial charge is 0.164 e. The third kappa shape index (κ3) is 2.95. The highest BCUT2D eigenvalue weighted by molar-refractivity contribution is 6.00. The van der Waals surface area contributed by atoms with Crippen molar-refractivity contribution in [2.24, 2.45) is 0 Å². The summed E-state index contributed by atoms with van der Waals surface area (Å²) in [5, 5.41) is 0. The second kappa shape index (κ2) is 5.70. The zero-order valence-corrected chi connectivity index (χ0v) is 11.8. The van der Waals surface area contributed by atoms with Crippen molar-refractivity contribution in [2.45, 2.75) is 25.8 Å². The number of Topliss-reactive ketones (excluding diaryl/α,β-unsaturated/α-hetero) is 1. The zero-order chi connectivity index (χ0) is 14.0. The van der Waals surface area contributed by atoms with Gasteiger partial charge in [0.25, 0.3) is 0 Å². The van der Waals surface area contributed by atoms with Crippen molar-refractivity contribution in [1.82, 2.24) is 4.90 Å². The average molecular weight is 264 g/mol. The minimum atomic E-state index is -0.426. The van der Waals surface area contributed by atoms with Gasteiger partial charge in [0.05, 0.1) is 11.3 Å². The van der Waals surface area contributed by atoms with Crippen LogP contribution in [0, 0.1) is 5.82 Å². The van der Waals surface area contributed by atoms with Gasteiger partial charge in [-0.3, -0.25) is 4.79 Å². The number of likely N-dealkylation sites (tertiary alicyclic amines) is 1. The Bertz CT molecular complexity index is 467. The fourth-order valence-corrected chi connectivity index (χ4v) is 2.73. The molecule has 0 spiro atoms. The minimum absolute atomic E-state index is 0.212. The van der Waals surface area contributed by atoms with Gasteiger partial charge in [0, 0.05) is 13.1 Å². The molecule has 0 aliphatic carbocycles. The molecule has 1 fully saturated rings. The van der Waals surface area contributed by atoms with Crippen molar-refractivity contribution in [2.75, 3.05) is 32.1 Å². The molecule has 19 heavy (non-hydrogen) atoms. The van der Waals surface area contributed by atoms with Crippen LogP contribution in [0.5, 0.6) is 0 Å². The van der Waals surface area contributed by atoms with E-state index in [4.69, 9.17) is 0 Å². The number of hydrogen-bond acceptors (Lipinski definition) is 3. The third-order valence-electron chi connectivity index (χ3n) is 3.96. The molecule has 0 radical (unpaired) electrons. The van der Waals surface area contributed by atoms with Crippen molar-refractivity contribution in [3.63, 3.8) is 0 Å². The van der Waals surface area contributed by atoms with Crippen LogP contribution in [0.3, 0.4) is 0 Å². The molecule has 0 amide bonds. The number of carbonyl (C=O) groups is 1. The molecule has 1 aromatic carbocycles. The van der Waals surface area contributed by atoms with Crippen molar-refractivity contribution >= 4 is 11.5 Å². The summed E-state index contributed by atoms with van der Waals surface area (Å²) in [6.45, 7) is 3.50. The molecule has 1 saturated heterocycles. The molecule has 1 aliphatic rings. The zero-order valence-electron chi connectivity index (χ0n) is 11.8. The Morgan fingerprint density at radius 1 is 1.37 bits per heavy atom. The summed E-state index contributed by atoms with van der Waals surface area (Å²) in [5.74, 6) is -0.641. The van der Waals surface area contributed by atoms with Gasteiger partial charge < -0.3 is 9.80 Å². The van der Waals surface area contributed by atoms with Gasteiger partial charge in [0.1, 0.15) is 5.82 Å². The van der Waals surface area contributed by atoms with Crippen LogP contribution in [-0.2, 0) is 0 Å². The Hall–Kier alpha value is -1.42. The summed E-state index contributed by atoms with van der Waals surface area (Å²) >= 11 is 0. The molecule has 0 unspecified atom stereocenters. The van der Waals surface area contributed by atoms with Crippen molar-refractivity contribution in [1.29, 1.82) is 0 Å². The maximum absolute atomic E-state index is 13.8. The highest BCUT2D eigenvalue weighted by atomic mass is 19.1. The van der Waals surface area contributed by atoms with E-state index in [2.05, 4.69) is 16.8 Å². The maximum atomic E-state index is 13.8. The van der Waals surface area contributed by atoms with Gasteiger partial charge in [-0.05, 0) is 52.0 Å². The van der Waals surface area contributed by atoms with Crippen LogP contribution in [0.15, 0.2) is 18.2 Å². The first-order valence-electron chi connectivity index (χ1n) is 6.71. The van der Waals surface area contributed by atoms with Gasteiger partial charge in [-0.1, -0.05) is 6.07 Å². The lowest BCUT2D eigenvalue weighted by Crippen LogP contribution is -2.42.